The number of anilines is 1. The number of aromatic carboxylic acids is 1. The van der Waals surface area contributed by atoms with Gasteiger partial charge in [-0.1, -0.05) is 64.5 Å². The molecule has 8 heteroatoms. The van der Waals surface area contributed by atoms with Gasteiger partial charge in [-0.25, -0.2) is 9.59 Å². The van der Waals surface area contributed by atoms with Crippen molar-refractivity contribution in [2.45, 2.75) is 25.3 Å². The molecule has 0 aromatic heterocycles. The average Bonchev–Trinajstić information content (AvgIpc) is 3.11. The van der Waals surface area contributed by atoms with Crippen molar-refractivity contribution in [1.82, 2.24) is 5.32 Å². The van der Waals surface area contributed by atoms with Crippen molar-refractivity contribution < 1.29 is 24.2 Å². The number of amides is 2. The summed E-state index contributed by atoms with van der Waals surface area (Å²) in [6.07, 6.45) is -0.661. The molecule has 2 amide bonds. The largest absolute Gasteiger partial charge is 0.478 e. The van der Waals surface area contributed by atoms with Crippen molar-refractivity contribution in [2.75, 3.05) is 11.9 Å². The van der Waals surface area contributed by atoms with E-state index in [-0.39, 0.29) is 30.2 Å². The number of fused-ring (bicyclic) bond motifs is 3. The maximum absolute atomic E-state index is 12.4. The quantitative estimate of drug-likeness (QED) is 0.385. The summed E-state index contributed by atoms with van der Waals surface area (Å²) in [4.78, 5) is 36.2. The summed E-state index contributed by atoms with van der Waals surface area (Å²) in [7, 11) is 0. The smallest absolute Gasteiger partial charge is 0.407 e. The van der Waals surface area contributed by atoms with E-state index < -0.39 is 24.0 Å². The van der Waals surface area contributed by atoms with E-state index >= 15 is 0 Å². The number of ether oxygens (including phenoxy) is 1. The van der Waals surface area contributed by atoms with Crippen LogP contribution < -0.4 is 10.6 Å². The van der Waals surface area contributed by atoms with E-state index in [1.807, 2.05) is 36.4 Å². The molecule has 34 heavy (non-hydrogen) atoms. The average molecular weight is 523 g/mol. The molecule has 0 spiro atoms. The molecule has 0 saturated carbocycles. The lowest BCUT2D eigenvalue weighted by Crippen LogP contribution is -2.36. The Kier molecular flexibility index (Phi) is 6.98. The number of nitrogens with one attached hydrogen (secondary N) is 2. The molecular formula is C26H23BrN2O5. The molecule has 0 bridgehead atoms. The van der Waals surface area contributed by atoms with Crippen LogP contribution >= 0.6 is 15.9 Å². The molecule has 0 saturated heterocycles. The zero-order valence-electron chi connectivity index (χ0n) is 18.4. The van der Waals surface area contributed by atoms with Crippen LogP contribution in [0.3, 0.4) is 0 Å². The summed E-state index contributed by atoms with van der Waals surface area (Å²) >= 11 is 3.27. The Morgan fingerprint density at radius 3 is 2.24 bits per heavy atom. The van der Waals surface area contributed by atoms with Crippen LogP contribution in [0.25, 0.3) is 11.1 Å². The molecule has 1 atom stereocenters. The van der Waals surface area contributed by atoms with Crippen LogP contribution in [-0.2, 0) is 9.53 Å². The van der Waals surface area contributed by atoms with Gasteiger partial charge in [0.05, 0.1) is 11.3 Å². The minimum atomic E-state index is -1.15. The highest BCUT2D eigenvalue weighted by molar-refractivity contribution is 9.10. The summed E-state index contributed by atoms with van der Waals surface area (Å²) < 4.78 is 6.15. The molecule has 0 radical (unpaired) electrons. The van der Waals surface area contributed by atoms with Crippen LogP contribution in [0.5, 0.6) is 0 Å². The zero-order valence-corrected chi connectivity index (χ0v) is 20.0. The lowest BCUT2D eigenvalue weighted by atomic mass is 9.98. The highest BCUT2D eigenvalue weighted by Gasteiger charge is 2.29. The predicted octanol–water partition coefficient (Wildman–Crippen LogP) is 5.40. The molecule has 1 aliphatic carbocycles. The van der Waals surface area contributed by atoms with Crippen LogP contribution in [0.4, 0.5) is 10.5 Å². The highest BCUT2D eigenvalue weighted by Crippen LogP contribution is 2.44. The Morgan fingerprint density at radius 1 is 1.00 bits per heavy atom. The number of benzene rings is 3. The van der Waals surface area contributed by atoms with Crippen LogP contribution in [0.2, 0.25) is 0 Å². The molecule has 7 nitrogen and oxygen atoms in total. The predicted molar refractivity (Wildman–Crippen MR) is 132 cm³/mol. The fourth-order valence-electron chi connectivity index (χ4n) is 4.18. The Labute approximate surface area is 205 Å². The highest BCUT2D eigenvalue weighted by atomic mass is 79.9. The molecule has 0 aliphatic heterocycles. The standard InChI is InChI=1S/C26H23BrN2O5/c1-15(12-24(30)29-23-13-16(27)10-11-21(23)25(31)32)28-26(33)34-14-22-19-8-4-2-6-17(19)18-7-3-5-9-20(18)22/h2-11,13,15,22H,12,14H2,1H3,(H,28,33)(H,29,30)(H,31,32). The molecule has 1 aliphatic rings. The van der Waals surface area contributed by atoms with Crippen molar-refractivity contribution in [2.24, 2.45) is 0 Å². The first kappa shape index (κ1) is 23.5. The fourth-order valence-corrected chi connectivity index (χ4v) is 4.54. The van der Waals surface area contributed by atoms with Gasteiger partial charge in [-0.3, -0.25) is 4.79 Å². The molecule has 4 rings (SSSR count). The van der Waals surface area contributed by atoms with Gasteiger partial charge in [-0.2, -0.15) is 0 Å². The van der Waals surface area contributed by atoms with E-state index in [0.29, 0.717) is 4.47 Å². The summed E-state index contributed by atoms with van der Waals surface area (Å²) in [5.74, 6) is -1.62. The van der Waals surface area contributed by atoms with E-state index in [2.05, 4.69) is 38.7 Å². The van der Waals surface area contributed by atoms with Crippen LogP contribution in [-0.4, -0.2) is 35.7 Å². The van der Waals surface area contributed by atoms with Crippen molar-refractivity contribution in [3.8, 4) is 11.1 Å². The van der Waals surface area contributed by atoms with Gasteiger partial charge in [0.15, 0.2) is 0 Å². The van der Waals surface area contributed by atoms with Gasteiger partial charge >= 0.3 is 12.1 Å². The molecule has 0 heterocycles. The Bertz CT molecular complexity index is 1210. The number of carboxylic acid groups (broad SMARTS) is 1. The van der Waals surface area contributed by atoms with Gasteiger partial charge in [0.2, 0.25) is 5.91 Å². The van der Waals surface area contributed by atoms with Crippen molar-refractivity contribution in [3.63, 3.8) is 0 Å². The molecule has 1 unspecified atom stereocenters. The number of alkyl carbamates (subject to hydrolysis) is 1. The lowest BCUT2D eigenvalue weighted by molar-refractivity contribution is -0.116. The first-order chi connectivity index (χ1) is 16.3. The minimum Gasteiger partial charge on any atom is -0.478 e. The first-order valence-electron chi connectivity index (χ1n) is 10.8. The Balaban J connectivity index is 1.33. The summed E-state index contributed by atoms with van der Waals surface area (Å²) in [5, 5.41) is 14.6. The molecule has 3 aromatic carbocycles. The van der Waals surface area contributed by atoms with Crippen LogP contribution in [0, 0.1) is 0 Å². The van der Waals surface area contributed by atoms with E-state index in [0.717, 1.165) is 22.3 Å². The van der Waals surface area contributed by atoms with Gasteiger partial charge in [0, 0.05) is 22.9 Å². The first-order valence-corrected chi connectivity index (χ1v) is 11.6. The van der Waals surface area contributed by atoms with E-state index in [1.54, 1.807) is 13.0 Å². The fraction of sp³-hybridized carbons (Fsp3) is 0.192. The molecule has 3 aromatic rings. The normalized spacial score (nSPS) is 12.9. The number of carbonyl (C=O) groups is 3. The van der Waals surface area contributed by atoms with E-state index in [9.17, 15) is 19.5 Å². The van der Waals surface area contributed by atoms with Gasteiger partial charge in [-0.05, 0) is 47.4 Å². The van der Waals surface area contributed by atoms with Crippen molar-refractivity contribution in [1.29, 1.82) is 0 Å². The number of hydrogen-bond acceptors (Lipinski definition) is 4. The Hall–Kier alpha value is -3.65. The monoisotopic (exact) mass is 522 g/mol. The maximum Gasteiger partial charge on any atom is 0.407 e. The SMILES string of the molecule is CC(CC(=O)Nc1cc(Br)ccc1C(=O)O)NC(=O)OCC1c2ccccc2-c2ccccc21. The molecule has 0 fully saturated rings. The van der Waals surface area contributed by atoms with Gasteiger partial charge in [0.1, 0.15) is 6.61 Å². The van der Waals surface area contributed by atoms with Gasteiger partial charge in [-0.15, -0.1) is 0 Å². The number of carboxylic acids is 1. The Morgan fingerprint density at radius 2 is 1.62 bits per heavy atom. The zero-order chi connectivity index (χ0) is 24.2. The topological polar surface area (TPSA) is 105 Å². The van der Waals surface area contributed by atoms with Gasteiger partial charge < -0.3 is 20.5 Å². The summed E-state index contributed by atoms with van der Waals surface area (Å²) in [5.41, 5.74) is 4.68. The summed E-state index contributed by atoms with van der Waals surface area (Å²) in [6.45, 7) is 1.86. The minimum absolute atomic E-state index is 0.0197. The third kappa shape index (κ3) is 5.12. The van der Waals surface area contributed by atoms with E-state index in [4.69, 9.17) is 4.74 Å². The van der Waals surface area contributed by atoms with Crippen molar-refractivity contribution in [3.05, 3.63) is 87.9 Å². The third-order valence-corrected chi connectivity index (χ3v) is 6.18. The molecular weight excluding hydrogens is 500 g/mol. The van der Waals surface area contributed by atoms with Crippen molar-refractivity contribution >= 4 is 39.6 Å². The number of halogens is 1. The maximum atomic E-state index is 12.4. The van der Waals surface area contributed by atoms with Crippen LogP contribution in [0.1, 0.15) is 40.7 Å². The molecule has 3 N–H and O–H groups in total. The second-order valence-corrected chi connectivity index (χ2v) is 9.03. The lowest BCUT2D eigenvalue weighted by Gasteiger charge is -2.17. The number of rotatable bonds is 7. The second kappa shape index (κ2) is 10.1. The number of carbonyl (C=O) groups excluding carboxylic acids is 2. The van der Waals surface area contributed by atoms with E-state index in [1.165, 1.54) is 12.1 Å². The number of hydrogen-bond donors (Lipinski definition) is 3. The summed E-state index contributed by atoms with van der Waals surface area (Å²) in [6, 6.07) is 20.1. The van der Waals surface area contributed by atoms with Gasteiger partial charge in [0.25, 0.3) is 0 Å². The second-order valence-electron chi connectivity index (χ2n) is 8.12. The third-order valence-electron chi connectivity index (χ3n) is 5.69. The van der Waals surface area contributed by atoms with Crippen LogP contribution in [0.15, 0.2) is 71.2 Å². The molecule has 174 valence electrons.